The van der Waals surface area contributed by atoms with E-state index in [0.717, 1.165) is 12.8 Å². The monoisotopic (exact) mass is 186 g/mol. The lowest BCUT2D eigenvalue weighted by Crippen LogP contribution is -2.41. The molecule has 13 heavy (non-hydrogen) atoms. The Balaban J connectivity index is 3.56. The van der Waals surface area contributed by atoms with Gasteiger partial charge >= 0.3 is 0 Å². The zero-order valence-electron chi connectivity index (χ0n) is 9.18. The minimum atomic E-state index is 0.0851. The largest absolute Gasteiger partial charge is 0.353 e. The lowest BCUT2D eigenvalue weighted by molar-refractivity contribution is -0.120. The Kier molecular flexibility index (Phi) is 6.59. The van der Waals surface area contributed by atoms with E-state index in [4.69, 9.17) is 0 Å². The van der Waals surface area contributed by atoms with Crippen molar-refractivity contribution in [2.75, 3.05) is 6.54 Å². The molecule has 0 aliphatic rings. The van der Waals surface area contributed by atoms with Crippen LogP contribution in [0.1, 0.15) is 40.5 Å². The highest BCUT2D eigenvalue weighted by Gasteiger charge is 2.06. The Bertz CT molecular complexity index is 142. The van der Waals surface area contributed by atoms with E-state index in [1.165, 1.54) is 0 Å². The molecule has 0 bridgehead atoms. The highest BCUT2D eigenvalue weighted by molar-refractivity contribution is 5.78. The van der Waals surface area contributed by atoms with Gasteiger partial charge in [-0.25, -0.2) is 0 Å². The van der Waals surface area contributed by atoms with Gasteiger partial charge in [-0.1, -0.05) is 13.8 Å². The molecule has 0 unspecified atom stereocenters. The maximum atomic E-state index is 11.2. The highest BCUT2D eigenvalue weighted by atomic mass is 16.1. The first kappa shape index (κ1) is 12.4. The van der Waals surface area contributed by atoms with Gasteiger partial charge in [-0.2, -0.15) is 0 Å². The zero-order chi connectivity index (χ0) is 10.3. The van der Waals surface area contributed by atoms with E-state index in [-0.39, 0.29) is 11.9 Å². The van der Waals surface area contributed by atoms with Crippen LogP contribution >= 0.6 is 0 Å². The number of hydrogen-bond donors (Lipinski definition) is 2. The van der Waals surface area contributed by atoms with Gasteiger partial charge < -0.3 is 10.6 Å². The topological polar surface area (TPSA) is 41.1 Å². The molecule has 0 spiro atoms. The van der Waals surface area contributed by atoms with Crippen molar-refractivity contribution in [3.05, 3.63) is 0 Å². The molecule has 2 N–H and O–H groups in total. The van der Waals surface area contributed by atoms with Gasteiger partial charge in [0.2, 0.25) is 5.91 Å². The molecule has 0 saturated heterocycles. The summed E-state index contributed by atoms with van der Waals surface area (Å²) in [5.41, 5.74) is 0. The molecule has 0 aromatic carbocycles. The summed E-state index contributed by atoms with van der Waals surface area (Å²) in [7, 11) is 0. The van der Waals surface area contributed by atoms with E-state index in [2.05, 4.69) is 24.5 Å². The van der Waals surface area contributed by atoms with Crippen molar-refractivity contribution < 1.29 is 4.79 Å². The molecule has 78 valence electrons. The third-order valence-electron chi connectivity index (χ3n) is 1.99. The van der Waals surface area contributed by atoms with Gasteiger partial charge in [0.15, 0.2) is 0 Å². The number of rotatable bonds is 6. The van der Waals surface area contributed by atoms with Crippen molar-refractivity contribution >= 4 is 5.91 Å². The third-order valence-corrected chi connectivity index (χ3v) is 1.99. The van der Waals surface area contributed by atoms with Crippen LogP contribution in [0.3, 0.4) is 0 Å². The van der Waals surface area contributed by atoms with E-state index < -0.39 is 0 Å². The lowest BCUT2D eigenvalue weighted by Gasteiger charge is -2.15. The van der Waals surface area contributed by atoms with E-state index >= 15 is 0 Å². The lowest BCUT2D eigenvalue weighted by atomic mass is 10.2. The SMILES string of the molecule is CCC(CC)NCC(=O)NC(C)C. The third kappa shape index (κ3) is 6.58. The summed E-state index contributed by atoms with van der Waals surface area (Å²) in [4.78, 5) is 11.2. The molecule has 0 aromatic heterocycles. The van der Waals surface area contributed by atoms with Crippen molar-refractivity contribution in [1.82, 2.24) is 10.6 Å². The summed E-state index contributed by atoms with van der Waals surface area (Å²) in [6.45, 7) is 8.62. The average Bonchev–Trinajstić information content (AvgIpc) is 2.05. The summed E-state index contributed by atoms with van der Waals surface area (Å²) in [5.74, 6) is 0.0851. The molecule has 0 heterocycles. The highest BCUT2D eigenvalue weighted by Crippen LogP contribution is 1.94. The van der Waals surface area contributed by atoms with Crippen LogP contribution in [-0.2, 0) is 4.79 Å². The number of carbonyl (C=O) groups excluding carboxylic acids is 1. The predicted molar refractivity (Wildman–Crippen MR) is 55.7 cm³/mol. The predicted octanol–water partition coefficient (Wildman–Crippen LogP) is 1.29. The van der Waals surface area contributed by atoms with Gasteiger partial charge in [0.25, 0.3) is 0 Å². The van der Waals surface area contributed by atoms with Crippen LogP contribution < -0.4 is 10.6 Å². The van der Waals surface area contributed by atoms with Crippen LogP contribution in [0.15, 0.2) is 0 Å². The van der Waals surface area contributed by atoms with Crippen LogP contribution in [0.5, 0.6) is 0 Å². The van der Waals surface area contributed by atoms with Crippen LogP contribution in [-0.4, -0.2) is 24.5 Å². The number of carbonyl (C=O) groups is 1. The van der Waals surface area contributed by atoms with Crippen molar-refractivity contribution in [3.8, 4) is 0 Å². The number of hydrogen-bond acceptors (Lipinski definition) is 2. The van der Waals surface area contributed by atoms with Gasteiger partial charge in [0.1, 0.15) is 0 Å². The molecular weight excluding hydrogens is 164 g/mol. The van der Waals surface area contributed by atoms with Gasteiger partial charge in [-0.15, -0.1) is 0 Å². The maximum absolute atomic E-state index is 11.2. The van der Waals surface area contributed by atoms with E-state index in [1.807, 2.05) is 13.8 Å². The zero-order valence-corrected chi connectivity index (χ0v) is 9.18. The summed E-state index contributed by atoms with van der Waals surface area (Å²) in [5, 5.41) is 6.06. The quantitative estimate of drug-likeness (QED) is 0.656. The molecule has 0 aromatic rings. The summed E-state index contributed by atoms with van der Waals surface area (Å²) >= 11 is 0. The minimum absolute atomic E-state index is 0.0851. The normalized spacial score (nSPS) is 10.9. The number of amides is 1. The van der Waals surface area contributed by atoms with Gasteiger partial charge in [-0.05, 0) is 26.7 Å². The summed E-state index contributed by atoms with van der Waals surface area (Å²) in [6.07, 6.45) is 2.15. The van der Waals surface area contributed by atoms with Crippen LogP contribution in [0, 0.1) is 0 Å². The first-order valence-corrected chi connectivity index (χ1v) is 5.12. The molecule has 0 radical (unpaired) electrons. The van der Waals surface area contributed by atoms with Gasteiger partial charge in [0, 0.05) is 12.1 Å². The fraction of sp³-hybridized carbons (Fsp3) is 0.900. The summed E-state index contributed by atoms with van der Waals surface area (Å²) < 4.78 is 0. The second-order valence-electron chi connectivity index (χ2n) is 3.62. The van der Waals surface area contributed by atoms with E-state index in [0.29, 0.717) is 12.6 Å². The molecule has 0 fully saturated rings. The number of nitrogens with one attached hydrogen (secondary N) is 2. The van der Waals surface area contributed by atoms with Crippen molar-refractivity contribution in [2.45, 2.75) is 52.6 Å². The molecule has 1 amide bonds. The Hall–Kier alpha value is -0.570. The Morgan fingerprint density at radius 1 is 1.23 bits per heavy atom. The van der Waals surface area contributed by atoms with Crippen LogP contribution in [0.2, 0.25) is 0 Å². The van der Waals surface area contributed by atoms with Crippen molar-refractivity contribution in [2.24, 2.45) is 0 Å². The van der Waals surface area contributed by atoms with Crippen LogP contribution in [0.25, 0.3) is 0 Å². The molecule has 0 aliphatic heterocycles. The van der Waals surface area contributed by atoms with Gasteiger partial charge in [0.05, 0.1) is 6.54 Å². The fourth-order valence-electron chi connectivity index (χ4n) is 1.19. The Morgan fingerprint density at radius 2 is 1.77 bits per heavy atom. The van der Waals surface area contributed by atoms with Crippen molar-refractivity contribution in [1.29, 1.82) is 0 Å². The standard InChI is InChI=1S/C10H22N2O/c1-5-9(6-2)11-7-10(13)12-8(3)4/h8-9,11H,5-7H2,1-4H3,(H,12,13). The van der Waals surface area contributed by atoms with E-state index in [9.17, 15) is 4.79 Å². The van der Waals surface area contributed by atoms with Gasteiger partial charge in [-0.3, -0.25) is 4.79 Å². The second-order valence-corrected chi connectivity index (χ2v) is 3.62. The average molecular weight is 186 g/mol. The first-order valence-electron chi connectivity index (χ1n) is 5.12. The molecule has 3 heteroatoms. The minimum Gasteiger partial charge on any atom is -0.353 e. The molecule has 0 saturated carbocycles. The van der Waals surface area contributed by atoms with E-state index in [1.54, 1.807) is 0 Å². The smallest absolute Gasteiger partial charge is 0.234 e. The molecule has 3 nitrogen and oxygen atoms in total. The fourth-order valence-corrected chi connectivity index (χ4v) is 1.19. The Morgan fingerprint density at radius 3 is 2.15 bits per heavy atom. The molecule has 0 aliphatic carbocycles. The van der Waals surface area contributed by atoms with Crippen molar-refractivity contribution in [3.63, 3.8) is 0 Å². The molecule has 0 rings (SSSR count). The molecule has 0 atom stereocenters. The summed E-state index contributed by atoms with van der Waals surface area (Å²) in [6, 6.07) is 0.703. The Labute approximate surface area is 81.3 Å². The van der Waals surface area contributed by atoms with Crippen LogP contribution in [0.4, 0.5) is 0 Å². The maximum Gasteiger partial charge on any atom is 0.234 e. The molecular formula is C10H22N2O. The second kappa shape index (κ2) is 6.89. The first-order chi connectivity index (χ1) is 6.10.